The van der Waals surface area contributed by atoms with E-state index in [4.69, 9.17) is 10.8 Å². The van der Waals surface area contributed by atoms with Gasteiger partial charge in [-0.3, -0.25) is 4.79 Å². The lowest BCUT2D eigenvalue weighted by atomic mass is 10.0. The van der Waals surface area contributed by atoms with Gasteiger partial charge in [-0.2, -0.15) is 13.2 Å². The van der Waals surface area contributed by atoms with Gasteiger partial charge in [-0.05, 0) is 37.4 Å². The van der Waals surface area contributed by atoms with Crippen molar-refractivity contribution in [3.05, 3.63) is 35.4 Å². The van der Waals surface area contributed by atoms with Crippen LogP contribution in [0.2, 0.25) is 0 Å². The van der Waals surface area contributed by atoms with Gasteiger partial charge in [0.2, 0.25) is 0 Å². The van der Waals surface area contributed by atoms with E-state index in [0.29, 0.717) is 12.0 Å². The van der Waals surface area contributed by atoms with E-state index in [1.54, 1.807) is 19.9 Å². The molecule has 4 N–H and O–H groups in total. The minimum Gasteiger partial charge on any atom is -0.480 e. The van der Waals surface area contributed by atoms with Crippen molar-refractivity contribution >= 4 is 18.4 Å². The fourth-order valence-electron chi connectivity index (χ4n) is 1.93. The molecule has 0 unspecified atom stereocenters. The maximum Gasteiger partial charge on any atom is 0.416 e. The van der Waals surface area contributed by atoms with Crippen molar-refractivity contribution in [1.29, 1.82) is 0 Å². The molecule has 1 aromatic rings. The third-order valence-electron chi connectivity index (χ3n) is 3.35. The van der Waals surface area contributed by atoms with Gasteiger partial charge < -0.3 is 16.2 Å². The molecular weight excluding hydrogens is 357 g/mol. The number of nitrogens with one attached hydrogen (secondary N) is 1. The molecule has 0 aromatic heterocycles. The molecular formula is C17H28ClF3N2O2. The van der Waals surface area contributed by atoms with E-state index in [1.807, 2.05) is 13.8 Å². The van der Waals surface area contributed by atoms with E-state index in [2.05, 4.69) is 5.32 Å². The predicted octanol–water partition coefficient (Wildman–Crippen LogP) is 3.72. The van der Waals surface area contributed by atoms with Crippen molar-refractivity contribution in [2.45, 2.75) is 52.4 Å². The van der Waals surface area contributed by atoms with Gasteiger partial charge in [0.1, 0.15) is 6.04 Å². The molecule has 0 aliphatic carbocycles. The van der Waals surface area contributed by atoms with E-state index in [-0.39, 0.29) is 24.4 Å². The number of benzene rings is 1. The van der Waals surface area contributed by atoms with Crippen LogP contribution in [0.3, 0.4) is 0 Å². The van der Waals surface area contributed by atoms with E-state index >= 15 is 0 Å². The van der Waals surface area contributed by atoms with Crippen LogP contribution in [0.25, 0.3) is 0 Å². The number of carboxylic acid groups (broad SMARTS) is 1. The molecule has 146 valence electrons. The number of carbonyl (C=O) groups is 1. The molecule has 2 atom stereocenters. The highest BCUT2D eigenvalue weighted by atomic mass is 35.5. The predicted molar refractivity (Wildman–Crippen MR) is 96.0 cm³/mol. The van der Waals surface area contributed by atoms with Gasteiger partial charge in [-0.15, -0.1) is 12.4 Å². The maximum atomic E-state index is 12.4. The Kier molecular flexibility index (Phi) is 12.6. The minimum atomic E-state index is -4.25. The van der Waals surface area contributed by atoms with Crippen LogP contribution >= 0.6 is 12.4 Å². The fourth-order valence-corrected chi connectivity index (χ4v) is 1.93. The molecule has 0 fully saturated rings. The van der Waals surface area contributed by atoms with Crippen LogP contribution in [-0.4, -0.2) is 29.7 Å². The van der Waals surface area contributed by atoms with Gasteiger partial charge in [0.15, 0.2) is 0 Å². The maximum absolute atomic E-state index is 12.4. The molecule has 0 heterocycles. The summed E-state index contributed by atoms with van der Waals surface area (Å²) in [6, 6.07) is 4.97. The molecule has 0 aliphatic heterocycles. The van der Waals surface area contributed by atoms with Crippen LogP contribution in [0.15, 0.2) is 24.3 Å². The lowest BCUT2D eigenvalue weighted by Gasteiger charge is -2.13. The summed E-state index contributed by atoms with van der Waals surface area (Å²) in [4.78, 5) is 10.0. The van der Waals surface area contributed by atoms with Crippen LogP contribution < -0.4 is 11.1 Å². The number of alkyl halides is 3. The van der Waals surface area contributed by atoms with Crippen molar-refractivity contribution in [3.8, 4) is 0 Å². The molecule has 0 radical (unpaired) electrons. The van der Waals surface area contributed by atoms with Gasteiger partial charge >= 0.3 is 12.1 Å². The number of hydrogen-bond donors (Lipinski definition) is 3. The van der Waals surface area contributed by atoms with Crippen LogP contribution in [0.4, 0.5) is 13.2 Å². The summed E-state index contributed by atoms with van der Waals surface area (Å²) in [6.07, 6.45) is -3.64. The van der Waals surface area contributed by atoms with Crippen molar-refractivity contribution in [1.82, 2.24) is 5.32 Å². The van der Waals surface area contributed by atoms with Crippen LogP contribution in [0.5, 0.6) is 0 Å². The van der Waals surface area contributed by atoms with E-state index in [9.17, 15) is 18.0 Å². The summed E-state index contributed by atoms with van der Waals surface area (Å²) in [7, 11) is 0. The number of carboxylic acids is 1. The zero-order chi connectivity index (χ0) is 18.9. The minimum absolute atomic E-state index is 0. The fraction of sp³-hybridized carbons (Fsp3) is 0.588. The van der Waals surface area contributed by atoms with Crippen molar-refractivity contribution < 1.29 is 23.1 Å². The molecule has 1 aromatic carbocycles. The van der Waals surface area contributed by atoms with Gasteiger partial charge in [-0.1, -0.05) is 39.0 Å². The Morgan fingerprint density at radius 3 is 2.20 bits per heavy atom. The van der Waals surface area contributed by atoms with E-state index < -0.39 is 23.8 Å². The van der Waals surface area contributed by atoms with Crippen LogP contribution in [0.1, 0.15) is 38.8 Å². The summed E-state index contributed by atoms with van der Waals surface area (Å²) < 4.78 is 37.3. The highest BCUT2D eigenvalue weighted by molar-refractivity contribution is 5.85. The molecule has 0 bridgehead atoms. The molecule has 0 spiro atoms. The quantitative estimate of drug-likeness (QED) is 0.698. The molecule has 8 heteroatoms. The highest BCUT2D eigenvalue weighted by Gasteiger charge is 2.30. The van der Waals surface area contributed by atoms with Crippen LogP contribution in [0, 0.1) is 5.92 Å². The number of halogens is 4. The first-order valence-corrected chi connectivity index (χ1v) is 7.86. The first-order chi connectivity index (χ1) is 11.0. The second kappa shape index (κ2) is 12.1. The first kappa shape index (κ1) is 25.9. The topological polar surface area (TPSA) is 75.4 Å². The molecule has 0 amide bonds. The highest BCUT2D eigenvalue weighted by Crippen LogP contribution is 2.29. The SMILES string of the molecule is CC(C)[C@H](N)C(=O)O.CCN[C@@H](C)Cc1cccc(C(F)(F)F)c1.Cl. The van der Waals surface area contributed by atoms with Crippen LogP contribution in [-0.2, 0) is 17.4 Å². The Morgan fingerprint density at radius 1 is 1.28 bits per heavy atom. The Morgan fingerprint density at radius 2 is 1.84 bits per heavy atom. The Bertz CT molecular complexity index is 511. The van der Waals surface area contributed by atoms with E-state index in [1.165, 1.54) is 12.1 Å². The second-order valence-corrected chi connectivity index (χ2v) is 5.97. The molecule has 25 heavy (non-hydrogen) atoms. The number of likely N-dealkylation sites (N-methyl/N-ethyl adjacent to an activating group) is 1. The third-order valence-corrected chi connectivity index (χ3v) is 3.35. The van der Waals surface area contributed by atoms with Gasteiger partial charge in [0, 0.05) is 6.04 Å². The zero-order valence-corrected chi connectivity index (χ0v) is 15.7. The third kappa shape index (κ3) is 11.0. The van der Waals surface area contributed by atoms with Crippen molar-refractivity contribution in [2.75, 3.05) is 6.54 Å². The van der Waals surface area contributed by atoms with E-state index in [0.717, 1.165) is 12.6 Å². The number of nitrogens with two attached hydrogens (primary N) is 1. The molecule has 4 nitrogen and oxygen atoms in total. The average molecular weight is 385 g/mol. The van der Waals surface area contributed by atoms with Gasteiger partial charge in [-0.25, -0.2) is 0 Å². The summed E-state index contributed by atoms with van der Waals surface area (Å²) in [5, 5.41) is 11.4. The second-order valence-electron chi connectivity index (χ2n) is 5.97. The van der Waals surface area contributed by atoms with Crippen molar-refractivity contribution in [3.63, 3.8) is 0 Å². The molecule has 0 saturated carbocycles. The lowest BCUT2D eigenvalue weighted by molar-refractivity contribution is -0.139. The largest absolute Gasteiger partial charge is 0.480 e. The number of aliphatic carboxylic acids is 1. The zero-order valence-electron chi connectivity index (χ0n) is 14.9. The molecule has 0 saturated heterocycles. The molecule has 0 aliphatic rings. The summed E-state index contributed by atoms with van der Waals surface area (Å²) in [5.41, 5.74) is 5.30. The molecule has 1 rings (SSSR count). The Balaban J connectivity index is 0. The summed E-state index contributed by atoms with van der Waals surface area (Å²) >= 11 is 0. The van der Waals surface area contributed by atoms with Crippen molar-refractivity contribution in [2.24, 2.45) is 11.7 Å². The number of rotatable bonds is 6. The average Bonchev–Trinajstić information content (AvgIpc) is 2.46. The standard InChI is InChI=1S/C12H16F3N.C5H11NO2.ClH/c1-3-16-9(2)7-10-5-4-6-11(8-10)12(13,14)15;1-3(2)4(6)5(7)8;/h4-6,8-9,16H,3,7H2,1-2H3;3-4H,6H2,1-2H3,(H,7,8);1H/t9-;4-;/m00./s1. The normalized spacial score (nSPS) is 13.3. The number of hydrogen-bond acceptors (Lipinski definition) is 3. The monoisotopic (exact) mass is 384 g/mol. The Labute approximate surface area is 153 Å². The van der Waals surface area contributed by atoms with Gasteiger partial charge in [0.25, 0.3) is 0 Å². The first-order valence-electron chi connectivity index (χ1n) is 7.86. The summed E-state index contributed by atoms with van der Waals surface area (Å²) in [6.45, 7) is 8.31. The Hall–Kier alpha value is -1.31. The smallest absolute Gasteiger partial charge is 0.416 e. The van der Waals surface area contributed by atoms with Gasteiger partial charge in [0.05, 0.1) is 5.56 Å². The summed E-state index contributed by atoms with van der Waals surface area (Å²) in [5.74, 6) is -0.910. The lowest BCUT2D eigenvalue weighted by Crippen LogP contribution is -2.34.